The van der Waals surface area contributed by atoms with Gasteiger partial charge in [-0.05, 0) is 45.2 Å². The maximum Gasteiger partial charge on any atom is 0.393 e. The van der Waals surface area contributed by atoms with Crippen molar-refractivity contribution in [2.75, 3.05) is 26.7 Å². The average molecular weight is 293 g/mol. The molecule has 0 aromatic heterocycles. The number of likely N-dealkylation sites (N-methyl/N-ethyl adjacent to an activating group) is 1. The number of piperidine rings is 1. The molecule has 0 bridgehead atoms. The van der Waals surface area contributed by atoms with Gasteiger partial charge in [0.05, 0.1) is 5.92 Å². The van der Waals surface area contributed by atoms with Crippen molar-refractivity contribution in [3.05, 3.63) is 0 Å². The molecule has 0 radical (unpaired) electrons. The van der Waals surface area contributed by atoms with Gasteiger partial charge in [-0.2, -0.15) is 13.2 Å². The molecule has 116 valence electrons. The van der Waals surface area contributed by atoms with Crippen LogP contribution < -0.4 is 11.1 Å². The molecule has 2 rings (SSSR count). The zero-order chi connectivity index (χ0) is 15.0. The minimum absolute atomic E-state index is 0.0348. The second-order valence-electron chi connectivity index (χ2n) is 5.98. The highest BCUT2D eigenvalue weighted by Crippen LogP contribution is 2.41. The standard InChI is InChI=1S/C13H22F3N3O/c1-18-12(11(17)20,9-4-5-9)8-19-6-2-3-10(7-19)13(14,15)16/h9-10,18H,2-8H2,1H3,(H2,17,20). The van der Waals surface area contributed by atoms with E-state index >= 15 is 0 Å². The Morgan fingerprint density at radius 3 is 2.40 bits per heavy atom. The van der Waals surface area contributed by atoms with Crippen LogP contribution in [0.15, 0.2) is 0 Å². The van der Waals surface area contributed by atoms with Crippen molar-refractivity contribution in [1.82, 2.24) is 10.2 Å². The second-order valence-corrected chi connectivity index (χ2v) is 5.98. The first-order chi connectivity index (χ1) is 9.29. The van der Waals surface area contributed by atoms with E-state index < -0.39 is 23.5 Å². The predicted molar refractivity (Wildman–Crippen MR) is 68.9 cm³/mol. The van der Waals surface area contributed by atoms with E-state index in [0.717, 1.165) is 12.8 Å². The number of carbonyl (C=O) groups excluding carboxylic acids is 1. The van der Waals surface area contributed by atoms with Gasteiger partial charge in [0, 0.05) is 13.1 Å². The Morgan fingerprint density at radius 2 is 1.95 bits per heavy atom. The molecule has 2 unspecified atom stereocenters. The van der Waals surface area contributed by atoms with E-state index in [2.05, 4.69) is 5.32 Å². The van der Waals surface area contributed by atoms with E-state index in [9.17, 15) is 18.0 Å². The molecular formula is C13H22F3N3O. The summed E-state index contributed by atoms with van der Waals surface area (Å²) in [5, 5.41) is 2.98. The van der Waals surface area contributed by atoms with Crippen LogP contribution in [-0.4, -0.2) is 49.2 Å². The van der Waals surface area contributed by atoms with Gasteiger partial charge in [-0.15, -0.1) is 0 Å². The van der Waals surface area contributed by atoms with Gasteiger partial charge in [-0.3, -0.25) is 4.79 Å². The number of likely N-dealkylation sites (tertiary alicyclic amines) is 1. The molecule has 1 aliphatic heterocycles. The van der Waals surface area contributed by atoms with Gasteiger partial charge in [0.25, 0.3) is 0 Å². The number of nitrogens with one attached hydrogen (secondary N) is 1. The van der Waals surface area contributed by atoms with E-state index in [-0.39, 0.29) is 25.4 Å². The molecule has 0 spiro atoms. The maximum atomic E-state index is 12.8. The number of halogens is 3. The van der Waals surface area contributed by atoms with Crippen molar-refractivity contribution in [3.8, 4) is 0 Å². The van der Waals surface area contributed by atoms with Crippen molar-refractivity contribution >= 4 is 5.91 Å². The molecule has 20 heavy (non-hydrogen) atoms. The van der Waals surface area contributed by atoms with Gasteiger partial charge < -0.3 is 16.0 Å². The molecule has 1 saturated carbocycles. The van der Waals surface area contributed by atoms with E-state index in [1.165, 1.54) is 0 Å². The van der Waals surface area contributed by atoms with E-state index in [0.29, 0.717) is 13.0 Å². The van der Waals surface area contributed by atoms with Crippen LogP contribution in [0, 0.1) is 11.8 Å². The second kappa shape index (κ2) is 5.52. The fraction of sp³-hybridized carbons (Fsp3) is 0.923. The highest BCUT2D eigenvalue weighted by molar-refractivity contribution is 5.86. The third-order valence-corrected chi connectivity index (χ3v) is 4.60. The van der Waals surface area contributed by atoms with Gasteiger partial charge >= 0.3 is 6.18 Å². The predicted octanol–water partition coefficient (Wildman–Crippen LogP) is 1.11. The number of hydrogen-bond acceptors (Lipinski definition) is 3. The number of primary amides is 1. The molecule has 0 aromatic carbocycles. The van der Waals surface area contributed by atoms with Gasteiger partial charge in [-0.25, -0.2) is 0 Å². The average Bonchev–Trinajstić information content (AvgIpc) is 3.19. The fourth-order valence-corrected chi connectivity index (χ4v) is 3.21. The molecule has 3 N–H and O–H groups in total. The lowest BCUT2D eigenvalue weighted by atomic mass is 9.89. The number of carbonyl (C=O) groups is 1. The van der Waals surface area contributed by atoms with Crippen LogP contribution in [0.5, 0.6) is 0 Å². The van der Waals surface area contributed by atoms with Gasteiger partial charge in [0.1, 0.15) is 5.54 Å². The van der Waals surface area contributed by atoms with Crippen LogP contribution >= 0.6 is 0 Å². The molecule has 1 heterocycles. The van der Waals surface area contributed by atoms with Gasteiger partial charge in [0.15, 0.2) is 0 Å². The number of amides is 1. The number of hydrogen-bond donors (Lipinski definition) is 2. The SMILES string of the molecule is CNC(CN1CCCC(C(F)(F)F)C1)(C(N)=O)C1CC1. The summed E-state index contributed by atoms with van der Waals surface area (Å²) in [5.74, 6) is -1.61. The lowest BCUT2D eigenvalue weighted by molar-refractivity contribution is -0.187. The Morgan fingerprint density at radius 1 is 1.30 bits per heavy atom. The lowest BCUT2D eigenvalue weighted by Gasteiger charge is -2.40. The highest BCUT2D eigenvalue weighted by Gasteiger charge is 2.51. The number of nitrogens with two attached hydrogens (primary N) is 1. The van der Waals surface area contributed by atoms with Crippen LogP contribution in [0.1, 0.15) is 25.7 Å². The lowest BCUT2D eigenvalue weighted by Crippen LogP contribution is -2.63. The van der Waals surface area contributed by atoms with E-state index in [1.54, 1.807) is 11.9 Å². The van der Waals surface area contributed by atoms with Crippen LogP contribution in [0.4, 0.5) is 13.2 Å². The minimum atomic E-state index is -4.16. The van der Waals surface area contributed by atoms with Crippen molar-refractivity contribution < 1.29 is 18.0 Å². The number of rotatable bonds is 5. The largest absolute Gasteiger partial charge is 0.393 e. The topological polar surface area (TPSA) is 58.4 Å². The fourth-order valence-electron chi connectivity index (χ4n) is 3.21. The van der Waals surface area contributed by atoms with Crippen molar-refractivity contribution in [1.29, 1.82) is 0 Å². The summed E-state index contributed by atoms with van der Waals surface area (Å²) in [7, 11) is 1.66. The third-order valence-electron chi connectivity index (χ3n) is 4.60. The van der Waals surface area contributed by atoms with Crippen LogP contribution in [-0.2, 0) is 4.79 Å². The maximum absolute atomic E-state index is 12.8. The Balaban J connectivity index is 2.05. The molecule has 1 aliphatic carbocycles. The van der Waals surface area contributed by atoms with Crippen molar-refractivity contribution in [2.24, 2.45) is 17.6 Å². The van der Waals surface area contributed by atoms with E-state index in [1.807, 2.05) is 0 Å². The Hall–Kier alpha value is -0.820. The summed E-state index contributed by atoms with van der Waals surface area (Å²) >= 11 is 0. The number of alkyl halides is 3. The smallest absolute Gasteiger partial charge is 0.368 e. The molecule has 2 aliphatic rings. The normalized spacial score (nSPS) is 28.1. The summed E-state index contributed by atoms with van der Waals surface area (Å²) in [6, 6.07) is 0. The Kier molecular flexibility index (Phi) is 4.30. The van der Waals surface area contributed by atoms with Crippen molar-refractivity contribution in [3.63, 3.8) is 0 Å². The summed E-state index contributed by atoms with van der Waals surface area (Å²) in [6.45, 7) is 0.832. The first kappa shape index (κ1) is 15.6. The molecule has 1 saturated heterocycles. The quantitative estimate of drug-likeness (QED) is 0.798. The zero-order valence-electron chi connectivity index (χ0n) is 11.7. The molecule has 7 heteroatoms. The third kappa shape index (κ3) is 3.09. The summed E-state index contributed by atoms with van der Waals surface area (Å²) in [4.78, 5) is 13.5. The molecule has 2 atom stereocenters. The molecule has 1 amide bonds. The molecular weight excluding hydrogens is 271 g/mol. The first-order valence-corrected chi connectivity index (χ1v) is 7.07. The Bertz CT molecular complexity index is 370. The highest BCUT2D eigenvalue weighted by atomic mass is 19.4. The van der Waals surface area contributed by atoms with Gasteiger partial charge in [-0.1, -0.05) is 0 Å². The molecule has 0 aromatic rings. The first-order valence-electron chi connectivity index (χ1n) is 7.07. The van der Waals surface area contributed by atoms with Gasteiger partial charge in [0.2, 0.25) is 5.91 Å². The molecule has 2 fully saturated rings. The summed E-state index contributed by atoms with van der Waals surface area (Å²) in [5.41, 5.74) is 4.63. The number of nitrogens with zero attached hydrogens (tertiary/aromatic N) is 1. The van der Waals surface area contributed by atoms with Crippen molar-refractivity contribution in [2.45, 2.75) is 37.4 Å². The summed E-state index contributed by atoms with van der Waals surface area (Å²) < 4.78 is 38.5. The van der Waals surface area contributed by atoms with Crippen LogP contribution in [0.25, 0.3) is 0 Å². The van der Waals surface area contributed by atoms with E-state index in [4.69, 9.17) is 5.73 Å². The Labute approximate surface area is 116 Å². The minimum Gasteiger partial charge on any atom is -0.368 e. The van der Waals surface area contributed by atoms with Crippen LogP contribution in [0.3, 0.4) is 0 Å². The monoisotopic (exact) mass is 293 g/mol. The van der Waals surface area contributed by atoms with Crippen LogP contribution in [0.2, 0.25) is 0 Å². The molecule has 4 nitrogen and oxygen atoms in total. The summed E-state index contributed by atoms with van der Waals surface area (Å²) in [6.07, 6.45) is -1.67. The zero-order valence-corrected chi connectivity index (χ0v) is 11.7.